The average Bonchev–Trinajstić information content (AvgIpc) is 2.88. The van der Waals surface area contributed by atoms with E-state index >= 15 is 0 Å². The zero-order chi connectivity index (χ0) is 10.6. The zero-order valence-corrected chi connectivity index (χ0v) is 9.75. The standard InChI is InChI=1S/C12H25N2O/c15-10-4-9-14(7-1-2-8-14)11-12-5-3-6-13-12/h12-13,15H,1-11H2/q+1/t12-/m0/s1. The topological polar surface area (TPSA) is 32.3 Å². The van der Waals surface area contributed by atoms with E-state index in [2.05, 4.69) is 5.32 Å². The molecule has 2 aliphatic rings. The lowest BCUT2D eigenvalue weighted by molar-refractivity contribution is -0.918. The molecule has 3 nitrogen and oxygen atoms in total. The van der Waals surface area contributed by atoms with Gasteiger partial charge in [0.05, 0.1) is 32.2 Å². The van der Waals surface area contributed by atoms with Gasteiger partial charge in [-0.1, -0.05) is 0 Å². The Morgan fingerprint density at radius 3 is 2.60 bits per heavy atom. The van der Waals surface area contributed by atoms with Gasteiger partial charge >= 0.3 is 0 Å². The zero-order valence-electron chi connectivity index (χ0n) is 9.75. The fourth-order valence-corrected chi connectivity index (χ4v) is 3.29. The molecule has 0 aromatic rings. The molecule has 2 aliphatic heterocycles. The molecule has 88 valence electrons. The number of aliphatic hydroxyl groups is 1. The summed E-state index contributed by atoms with van der Waals surface area (Å²) in [7, 11) is 0. The molecule has 2 heterocycles. The first-order valence-electron chi connectivity index (χ1n) is 6.54. The molecule has 0 saturated carbocycles. The minimum Gasteiger partial charge on any atom is -0.396 e. The van der Waals surface area contributed by atoms with E-state index < -0.39 is 0 Å². The van der Waals surface area contributed by atoms with Gasteiger partial charge in [-0.05, 0) is 19.4 Å². The molecule has 0 unspecified atom stereocenters. The summed E-state index contributed by atoms with van der Waals surface area (Å²) in [5.74, 6) is 0. The van der Waals surface area contributed by atoms with Crippen LogP contribution >= 0.6 is 0 Å². The van der Waals surface area contributed by atoms with Gasteiger partial charge in [0.1, 0.15) is 0 Å². The summed E-state index contributed by atoms with van der Waals surface area (Å²) in [5, 5.41) is 12.6. The maximum Gasteiger partial charge on any atom is 0.0942 e. The minimum absolute atomic E-state index is 0.359. The molecule has 2 fully saturated rings. The lowest BCUT2D eigenvalue weighted by atomic mass is 10.2. The van der Waals surface area contributed by atoms with Gasteiger partial charge in [0, 0.05) is 25.9 Å². The Hall–Kier alpha value is -0.120. The first kappa shape index (κ1) is 11.4. The van der Waals surface area contributed by atoms with E-state index in [4.69, 9.17) is 5.11 Å². The third kappa shape index (κ3) is 2.92. The smallest absolute Gasteiger partial charge is 0.0942 e. The maximum atomic E-state index is 8.98. The highest BCUT2D eigenvalue weighted by atomic mass is 16.3. The normalized spacial score (nSPS) is 29.8. The highest BCUT2D eigenvalue weighted by Gasteiger charge is 2.34. The predicted molar refractivity (Wildman–Crippen MR) is 61.7 cm³/mol. The van der Waals surface area contributed by atoms with Gasteiger partial charge in [0.15, 0.2) is 0 Å². The van der Waals surface area contributed by atoms with Crippen molar-refractivity contribution in [3.63, 3.8) is 0 Å². The molecule has 0 radical (unpaired) electrons. The van der Waals surface area contributed by atoms with Crippen LogP contribution in [0.3, 0.4) is 0 Å². The highest BCUT2D eigenvalue weighted by molar-refractivity contribution is 4.75. The van der Waals surface area contributed by atoms with Crippen LogP contribution in [0.1, 0.15) is 32.1 Å². The molecule has 0 bridgehead atoms. The second-order valence-corrected chi connectivity index (χ2v) is 5.27. The third-order valence-corrected chi connectivity index (χ3v) is 4.08. The number of rotatable bonds is 5. The average molecular weight is 213 g/mol. The van der Waals surface area contributed by atoms with Gasteiger partial charge in [0.25, 0.3) is 0 Å². The molecule has 1 atom stereocenters. The number of hydrogen-bond acceptors (Lipinski definition) is 2. The van der Waals surface area contributed by atoms with Crippen LogP contribution in [0, 0.1) is 0 Å². The first-order valence-corrected chi connectivity index (χ1v) is 6.54. The van der Waals surface area contributed by atoms with Crippen LogP contribution in [0.5, 0.6) is 0 Å². The molecule has 0 aromatic carbocycles. The van der Waals surface area contributed by atoms with Crippen molar-refractivity contribution in [3.05, 3.63) is 0 Å². The van der Waals surface area contributed by atoms with Gasteiger partial charge in [-0.3, -0.25) is 0 Å². The van der Waals surface area contributed by atoms with Gasteiger partial charge < -0.3 is 14.9 Å². The van der Waals surface area contributed by atoms with Crippen molar-refractivity contribution in [2.75, 3.05) is 39.3 Å². The number of hydrogen-bond donors (Lipinski definition) is 2. The molecule has 2 saturated heterocycles. The quantitative estimate of drug-likeness (QED) is 0.660. The van der Waals surface area contributed by atoms with Crippen LogP contribution in [0.4, 0.5) is 0 Å². The Labute approximate surface area is 93.1 Å². The SMILES string of the molecule is OCCC[N+]1(C[C@@H]2CCCN2)CCCC1. The fraction of sp³-hybridized carbons (Fsp3) is 1.00. The van der Waals surface area contributed by atoms with Crippen LogP contribution in [-0.4, -0.2) is 55.0 Å². The number of quaternary nitrogens is 1. The number of nitrogens with one attached hydrogen (secondary N) is 1. The maximum absolute atomic E-state index is 8.98. The van der Waals surface area contributed by atoms with Gasteiger partial charge in [-0.2, -0.15) is 0 Å². The summed E-state index contributed by atoms with van der Waals surface area (Å²) in [4.78, 5) is 0. The second kappa shape index (κ2) is 5.28. The largest absolute Gasteiger partial charge is 0.396 e. The highest BCUT2D eigenvalue weighted by Crippen LogP contribution is 2.22. The van der Waals surface area contributed by atoms with E-state index in [1.54, 1.807) is 0 Å². The van der Waals surface area contributed by atoms with Crippen molar-refractivity contribution in [2.45, 2.75) is 38.1 Å². The second-order valence-electron chi connectivity index (χ2n) is 5.27. The summed E-state index contributed by atoms with van der Waals surface area (Å²) in [6.07, 6.45) is 6.47. The van der Waals surface area contributed by atoms with Gasteiger partial charge in [0.2, 0.25) is 0 Å². The van der Waals surface area contributed by atoms with Crippen LogP contribution in [0.15, 0.2) is 0 Å². The monoisotopic (exact) mass is 213 g/mol. The molecule has 0 aromatic heterocycles. The number of likely N-dealkylation sites (tertiary alicyclic amines) is 1. The van der Waals surface area contributed by atoms with Crippen molar-refractivity contribution in [1.29, 1.82) is 0 Å². The first-order chi connectivity index (χ1) is 7.35. The molecule has 2 N–H and O–H groups in total. The Balaban J connectivity index is 1.86. The van der Waals surface area contributed by atoms with Crippen molar-refractivity contribution in [2.24, 2.45) is 0 Å². The van der Waals surface area contributed by atoms with Crippen molar-refractivity contribution in [1.82, 2.24) is 5.32 Å². The lowest BCUT2D eigenvalue weighted by Gasteiger charge is -2.36. The third-order valence-electron chi connectivity index (χ3n) is 4.08. The van der Waals surface area contributed by atoms with Crippen LogP contribution in [0.25, 0.3) is 0 Å². The van der Waals surface area contributed by atoms with Gasteiger partial charge in [-0.25, -0.2) is 0 Å². The van der Waals surface area contributed by atoms with Crippen molar-refractivity contribution < 1.29 is 9.59 Å². The summed E-state index contributed by atoms with van der Waals surface area (Å²) in [6, 6.07) is 0.752. The van der Waals surface area contributed by atoms with E-state index in [1.807, 2.05) is 0 Å². The summed E-state index contributed by atoms with van der Waals surface area (Å²) in [6.45, 7) is 6.76. The molecule has 15 heavy (non-hydrogen) atoms. The molecule has 0 aliphatic carbocycles. The molecule has 2 rings (SSSR count). The summed E-state index contributed by atoms with van der Waals surface area (Å²) in [5.41, 5.74) is 0. The molecule has 3 heteroatoms. The van der Waals surface area contributed by atoms with E-state index in [-0.39, 0.29) is 0 Å². The fourth-order valence-electron chi connectivity index (χ4n) is 3.29. The van der Waals surface area contributed by atoms with Crippen LogP contribution in [0.2, 0.25) is 0 Å². The van der Waals surface area contributed by atoms with Crippen molar-refractivity contribution >= 4 is 0 Å². The van der Waals surface area contributed by atoms with E-state index in [1.165, 1.54) is 62.9 Å². The molecular formula is C12H25N2O+. The lowest BCUT2D eigenvalue weighted by Crippen LogP contribution is -2.52. The van der Waals surface area contributed by atoms with Crippen LogP contribution < -0.4 is 5.32 Å². The molecular weight excluding hydrogens is 188 g/mol. The predicted octanol–water partition coefficient (Wildman–Crippen LogP) is 0.731. The summed E-state index contributed by atoms with van der Waals surface area (Å²) >= 11 is 0. The van der Waals surface area contributed by atoms with E-state index in [0.29, 0.717) is 6.61 Å². The minimum atomic E-state index is 0.359. The Morgan fingerprint density at radius 2 is 2.00 bits per heavy atom. The Kier molecular flexibility index (Phi) is 4.00. The Bertz CT molecular complexity index is 184. The number of nitrogens with zero attached hydrogens (tertiary/aromatic N) is 1. The summed E-state index contributed by atoms with van der Waals surface area (Å²) < 4.78 is 1.28. The number of aliphatic hydroxyl groups excluding tert-OH is 1. The van der Waals surface area contributed by atoms with Crippen molar-refractivity contribution in [3.8, 4) is 0 Å². The Morgan fingerprint density at radius 1 is 1.20 bits per heavy atom. The van der Waals surface area contributed by atoms with Gasteiger partial charge in [-0.15, -0.1) is 0 Å². The van der Waals surface area contributed by atoms with E-state index in [9.17, 15) is 0 Å². The van der Waals surface area contributed by atoms with E-state index in [0.717, 1.165) is 12.5 Å². The molecule has 0 spiro atoms. The van der Waals surface area contributed by atoms with Crippen LogP contribution in [-0.2, 0) is 0 Å². The molecule has 0 amide bonds.